The van der Waals surface area contributed by atoms with Crippen LogP contribution in [0.1, 0.15) is 31.2 Å². The van der Waals surface area contributed by atoms with Gasteiger partial charge in [0.1, 0.15) is 0 Å². The molecule has 2 aromatic heterocycles. The van der Waals surface area contributed by atoms with Gasteiger partial charge in [-0.15, -0.1) is 0 Å². The molecule has 6 heteroatoms. The normalized spacial score (nSPS) is 20.6. The fourth-order valence-corrected chi connectivity index (χ4v) is 2.09. The van der Waals surface area contributed by atoms with Crippen molar-refractivity contribution in [1.29, 1.82) is 0 Å². The van der Waals surface area contributed by atoms with Crippen molar-refractivity contribution in [2.45, 2.75) is 25.3 Å². The molecule has 1 aliphatic heterocycles. The van der Waals surface area contributed by atoms with Gasteiger partial charge in [0.2, 0.25) is 11.7 Å². The standard InChI is InChI=1S/C11H15N5O/c1-16-7-8(6-13-16)10-14-11(17-15-10)9-4-2-3-5-12-9/h6-7,9,12H,2-5H2,1H3/t9-/m1/s1. The van der Waals surface area contributed by atoms with Crippen LogP contribution < -0.4 is 5.32 Å². The van der Waals surface area contributed by atoms with Gasteiger partial charge >= 0.3 is 0 Å². The monoisotopic (exact) mass is 233 g/mol. The van der Waals surface area contributed by atoms with Gasteiger partial charge in [-0.05, 0) is 19.4 Å². The molecule has 2 aromatic rings. The lowest BCUT2D eigenvalue weighted by molar-refractivity contribution is 0.297. The van der Waals surface area contributed by atoms with Gasteiger partial charge in [0.25, 0.3) is 0 Å². The van der Waals surface area contributed by atoms with Crippen molar-refractivity contribution in [1.82, 2.24) is 25.2 Å². The summed E-state index contributed by atoms with van der Waals surface area (Å²) in [6.07, 6.45) is 7.11. The lowest BCUT2D eigenvalue weighted by atomic mass is 10.1. The SMILES string of the molecule is Cn1cc(-c2noc([C@H]3CCCCN3)n2)cn1. The summed E-state index contributed by atoms with van der Waals surface area (Å²) < 4.78 is 7.03. The zero-order chi connectivity index (χ0) is 11.7. The Bertz CT molecular complexity index is 497. The Labute approximate surface area is 99.0 Å². The third-order valence-electron chi connectivity index (χ3n) is 3.01. The zero-order valence-electron chi connectivity index (χ0n) is 9.76. The van der Waals surface area contributed by atoms with E-state index >= 15 is 0 Å². The third kappa shape index (κ3) is 2.08. The molecule has 0 amide bonds. The van der Waals surface area contributed by atoms with Crippen LogP contribution in [0.2, 0.25) is 0 Å². The van der Waals surface area contributed by atoms with Gasteiger partial charge in [0, 0.05) is 13.2 Å². The van der Waals surface area contributed by atoms with Gasteiger partial charge in [-0.1, -0.05) is 11.6 Å². The zero-order valence-corrected chi connectivity index (χ0v) is 9.76. The van der Waals surface area contributed by atoms with Crippen LogP contribution in [0.3, 0.4) is 0 Å². The summed E-state index contributed by atoms with van der Waals surface area (Å²) in [6.45, 7) is 1.02. The molecule has 0 radical (unpaired) electrons. The summed E-state index contributed by atoms with van der Waals surface area (Å²) in [5.74, 6) is 1.30. The van der Waals surface area contributed by atoms with Crippen molar-refractivity contribution >= 4 is 0 Å². The molecule has 1 saturated heterocycles. The van der Waals surface area contributed by atoms with Crippen molar-refractivity contribution in [3.8, 4) is 11.4 Å². The largest absolute Gasteiger partial charge is 0.337 e. The van der Waals surface area contributed by atoms with Crippen LogP contribution in [0.15, 0.2) is 16.9 Å². The molecule has 90 valence electrons. The fourth-order valence-electron chi connectivity index (χ4n) is 2.09. The van der Waals surface area contributed by atoms with Gasteiger partial charge in [-0.3, -0.25) is 4.68 Å². The van der Waals surface area contributed by atoms with Crippen molar-refractivity contribution in [2.75, 3.05) is 6.54 Å². The smallest absolute Gasteiger partial charge is 0.244 e. The number of aromatic nitrogens is 4. The molecule has 3 rings (SSSR count). The number of hydrogen-bond acceptors (Lipinski definition) is 5. The van der Waals surface area contributed by atoms with Gasteiger partial charge < -0.3 is 9.84 Å². The number of piperidine rings is 1. The molecule has 1 aliphatic rings. The molecule has 0 unspecified atom stereocenters. The second-order valence-corrected chi connectivity index (χ2v) is 4.36. The molecule has 0 saturated carbocycles. The van der Waals surface area contributed by atoms with Crippen LogP contribution in [-0.2, 0) is 7.05 Å². The van der Waals surface area contributed by atoms with Crippen LogP contribution in [-0.4, -0.2) is 26.5 Å². The second kappa shape index (κ2) is 4.29. The average Bonchev–Trinajstić information content (AvgIpc) is 2.98. The molecule has 1 fully saturated rings. The molecule has 17 heavy (non-hydrogen) atoms. The Balaban J connectivity index is 1.82. The highest BCUT2D eigenvalue weighted by molar-refractivity contribution is 5.51. The van der Waals surface area contributed by atoms with Gasteiger partial charge in [0.05, 0.1) is 17.8 Å². The summed E-state index contributed by atoms with van der Waals surface area (Å²) in [5.41, 5.74) is 0.887. The lowest BCUT2D eigenvalue weighted by Crippen LogP contribution is -2.26. The summed E-state index contributed by atoms with van der Waals surface area (Å²) in [6, 6.07) is 0.210. The molecule has 1 N–H and O–H groups in total. The average molecular weight is 233 g/mol. The number of rotatable bonds is 2. The Kier molecular flexibility index (Phi) is 2.64. The summed E-state index contributed by atoms with van der Waals surface area (Å²) >= 11 is 0. The Hall–Kier alpha value is -1.69. The van der Waals surface area contributed by atoms with E-state index in [1.807, 2.05) is 13.2 Å². The van der Waals surface area contributed by atoms with E-state index in [0.717, 1.165) is 18.5 Å². The molecule has 0 aromatic carbocycles. The maximum absolute atomic E-state index is 5.31. The third-order valence-corrected chi connectivity index (χ3v) is 3.01. The Morgan fingerprint density at radius 1 is 1.47 bits per heavy atom. The van der Waals surface area contributed by atoms with Gasteiger partial charge in [0.15, 0.2) is 0 Å². The molecular weight excluding hydrogens is 218 g/mol. The van der Waals surface area contributed by atoms with Crippen molar-refractivity contribution in [3.63, 3.8) is 0 Å². The number of nitrogens with one attached hydrogen (secondary N) is 1. The van der Waals surface area contributed by atoms with E-state index in [4.69, 9.17) is 4.52 Å². The second-order valence-electron chi connectivity index (χ2n) is 4.36. The summed E-state index contributed by atoms with van der Waals surface area (Å²) in [7, 11) is 1.87. The molecular formula is C11H15N5O. The minimum absolute atomic E-state index is 0.210. The van der Waals surface area contributed by atoms with Gasteiger partial charge in [-0.2, -0.15) is 10.1 Å². The highest BCUT2D eigenvalue weighted by atomic mass is 16.5. The van der Waals surface area contributed by atoms with Crippen LogP contribution in [0.4, 0.5) is 0 Å². The predicted molar refractivity (Wildman–Crippen MR) is 61.1 cm³/mol. The number of hydrogen-bond donors (Lipinski definition) is 1. The molecule has 1 atom stereocenters. The van der Waals surface area contributed by atoms with E-state index in [0.29, 0.717) is 11.7 Å². The molecule has 0 bridgehead atoms. The van der Waals surface area contributed by atoms with Crippen LogP contribution in [0, 0.1) is 0 Å². The summed E-state index contributed by atoms with van der Waals surface area (Å²) in [5, 5.41) is 11.5. The van der Waals surface area contributed by atoms with E-state index < -0.39 is 0 Å². The fraction of sp³-hybridized carbons (Fsp3) is 0.545. The van der Waals surface area contributed by atoms with Crippen molar-refractivity contribution < 1.29 is 4.52 Å². The van der Waals surface area contributed by atoms with Crippen molar-refractivity contribution in [3.05, 3.63) is 18.3 Å². The lowest BCUT2D eigenvalue weighted by Gasteiger charge is -2.19. The topological polar surface area (TPSA) is 68.8 Å². The maximum Gasteiger partial charge on any atom is 0.244 e. The predicted octanol–water partition coefficient (Wildman–Crippen LogP) is 1.28. The molecule has 6 nitrogen and oxygen atoms in total. The Morgan fingerprint density at radius 3 is 3.12 bits per heavy atom. The van der Waals surface area contributed by atoms with Gasteiger partial charge in [-0.25, -0.2) is 0 Å². The first-order chi connectivity index (χ1) is 8.33. The summed E-state index contributed by atoms with van der Waals surface area (Å²) in [4.78, 5) is 4.42. The van der Waals surface area contributed by atoms with Crippen LogP contribution >= 0.6 is 0 Å². The van der Waals surface area contributed by atoms with E-state index in [1.165, 1.54) is 12.8 Å². The highest BCUT2D eigenvalue weighted by Gasteiger charge is 2.21. The van der Waals surface area contributed by atoms with E-state index in [9.17, 15) is 0 Å². The first kappa shape index (κ1) is 10.5. The highest BCUT2D eigenvalue weighted by Crippen LogP contribution is 2.23. The van der Waals surface area contributed by atoms with Crippen LogP contribution in [0.5, 0.6) is 0 Å². The van der Waals surface area contributed by atoms with E-state index in [2.05, 4.69) is 20.6 Å². The Morgan fingerprint density at radius 2 is 2.41 bits per heavy atom. The number of nitrogens with zero attached hydrogens (tertiary/aromatic N) is 4. The first-order valence-electron chi connectivity index (χ1n) is 5.89. The quantitative estimate of drug-likeness (QED) is 0.846. The molecule has 0 aliphatic carbocycles. The minimum Gasteiger partial charge on any atom is -0.337 e. The van der Waals surface area contributed by atoms with E-state index in [1.54, 1.807) is 10.9 Å². The molecule has 3 heterocycles. The first-order valence-corrected chi connectivity index (χ1v) is 5.89. The molecule has 0 spiro atoms. The minimum atomic E-state index is 0.210. The number of aryl methyl sites for hydroxylation is 1. The van der Waals surface area contributed by atoms with E-state index in [-0.39, 0.29) is 6.04 Å². The maximum atomic E-state index is 5.31. The van der Waals surface area contributed by atoms with Crippen molar-refractivity contribution in [2.24, 2.45) is 7.05 Å². The van der Waals surface area contributed by atoms with Crippen LogP contribution in [0.25, 0.3) is 11.4 Å².